The molecule has 0 aliphatic carbocycles. The first-order valence-electron chi connectivity index (χ1n) is 36.2. The van der Waals surface area contributed by atoms with E-state index in [1.54, 1.807) is 54.6 Å². The molecule has 0 bridgehead atoms. The summed E-state index contributed by atoms with van der Waals surface area (Å²) >= 11 is 0. The number of carboxylic acids is 6. The Morgan fingerprint density at radius 3 is 0.906 bits per heavy atom. The van der Waals surface area contributed by atoms with Gasteiger partial charge in [-0.05, 0) is 142 Å². The number of rotatable bonds is 53. The van der Waals surface area contributed by atoms with Gasteiger partial charge in [0.2, 0.25) is 5.91 Å². The molecule has 0 aliphatic heterocycles. The number of nitrogens with zero attached hydrogens (tertiary/aromatic N) is 6. The van der Waals surface area contributed by atoms with Gasteiger partial charge in [-0.25, -0.2) is 52.7 Å². The Bertz CT molecular complexity index is 4110. The van der Waals surface area contributed by atoms with Crippen LogP contribution in [0.3, 0.4) is 0 Å². The molecule has 127 heavy (non-hydrogen) atoms. The van der Waals surface area contributed by atoms with E-state index in [2.05, 4.69) is 34.3 Å². The van der Waals surface area contributed by atoms with Crippen LogP contribution in [0.2, 0.25) is 0 Å². The van der Waals surface area contributed by atoms with Gasteiger partial charge in [-0.1, -0.05) is 55.0 Å². The minimum absolute atomic E-state index is 0.00854. The number of aliphatic hydroxyl groups is 6. The topological polar surface area (TPSA) is 880 Å². The van der Waals surface area contributed by atoms with Crippen molar-refractivity contribution in [3.63, 3.8) is 0 Å². The van der Waals surface area contributed by atoms with E-state index < -0.39 is 178 Å². The van der Waals surface area contributed by atoms with E-state index in [0.29, 0.717) is 63.4 Å². The van der Waals surface area contributed by atoms with E-state index in [1.807, 2.05) is 26.6 Å². The Morgan fingerprint density at radius 1 is 0.315 bits per heavy atom. The van der Waals surface area contributed by atoms with E-state index in [-0.39, 0.29) is 88.5 Å². The maximum atomic E-state index is 11.5. The summed E-state index contributed by atoms with van der Waals surface area (Å²) in [5, 5.41) is 171. The first-order valence-corrected chi connectivity index (χ1v) is 36.2. The number of unbranched alkanes of at least 4 members (excludes halogenated alkanes) is 3. The molecule has 59 heteroatoms. The number of carbonyl (C=O) groups excluding carboxylic acids is 6. The van der Waals surface area contributed by atoms with Gasteiger partial charge in [0.15, 0.2) is 36.3 Å². The third-order valence-corrected chi connectivity index (χ3v) is 14.4. The molecule has 59 nitrogen and oxygen atoms in total. The fourth-order valence-corrected chi connectivity index (χ4v) is 8.38. The number of nitrogens with one attached hydrogen (secondary N) is 6. The molecule has 4 aromatic rings. The number of hydrogen-bond acceptors (Lipinski definition) is 41. The van der Waals surface area contributed by atoms with Crippen LogP contribution in [0.5, 0.6) is 23.0 Å². The van der Waals surface area contributed by atoms with Crippen LogP contribution < -0.4 is 50.8 Å². The van der Waals surface area contributed by atoms with Crippen LogP contribution in [0.1, 0.15) is 80.5 Å². The van der Waals surface area contributed by atoms with Gasteiger partial charge in [0.1, 0.15) is 36.2 Å². The van der Waals surface area contributed by atoms with Crippen molar-refractivity contribution in [1.82, 2.24) is 31.9 Å². The fourth-order valence-electron chi connectivity index (χ4n) is 8.38. The highest BCUT2D eigenvalue weighted by Crippen LogP contribution is 2.19. The average Bonchev–Trinajstić information content (AvgIpc) is 0.873. The number of aliphatic hydroxyl groups excluding tert-OH is 6. The van der Waals surface area contributed by atoms with Gasteiger partial charge in [-0.15, -0.1) is 60.7 Å². The van der Waals surface area contributed by atoms with E-state index in [9.17, 15) is 118 Å². The number of benzene rings is 4. The third kappa shape index (κ3) is 60.6. The predicted octanol–water partition coefficient (Wildman–Crippen LogP) is -0.483. The number of ether oxygens (including phenoxy) is 5. The first kappa shape index (κ1) is 114. The van der Waals surface area contributed by atoms with Crippen LogP contribution in [0, 0.1) is 60.7 Å². The van der Waals surface area contributed by atoms with Gasteiger partial charge in [0.25, 0.3) is 30.5 Å². The zero-order chi connectivity index (χ0) is 96.4. The zero-order valence-corrected chi connectivity index (χ0v) is 66.6. The number of aryl methyl sites for hydroxylation is 2. The standard InChI is InChI=1S/2C13H16N2O8.2C12H14N2O8.C10H18N2O8.C8H14N2O7/c16-8-11(12(17)18)14-13(19)23-10-5-1-3-9(7-10)4-2-6-22-15(20)21;16-8-11(12(17)18)14-13(19)23-10-5-3-9(4-6-10)2-1-7-22-15(20)21;15-7-10(11(16)17)13-12(18)22-9-3-1-8(2-4-9)5-6-21-14(19)20;15-7-10(11(16)17)13-12(18)22-9-3-1-2-8(6-9)4-5-21-14(19)20;13-7-8(9(14)15)11-10(16)19-5-3-1-2-4-6-20-12(17)18;1-5(11)7(8(13)14)9-6(12)3-2-4-17-10(15)16/h1,3,5,7,11,16H,2,4,6,8H2,(H,14,19)(H,17,18);3-6,11,16H,1-2,7-8H2,(H,14,19)(H,17,18);1-4,10,15H,5-7H2,(H,13,18)(H,16,17);1-3,6,10,15H,4-5,7H2,(H,13,18)(H,16,17);8,13H,1-7H2,(H,11,16)(H,14,15);5,7,11H,2-4H2,1H3,(H,9,12)(H,13,14). The van der Waals surface area contributed by atoms with Crippen molar-refractivity contribution >= 4 is 72.2 Å². The van der Waals surface area contributed by atoms with Gasteiger partial charge in [-0.3, -0.25) is 4.79 Å². The van der Waals surface area contributed by atoms with Crippen LogP contribution in [0.4, 0.5) is 24.0 Å². The molecule has 0 radical (unpaired) electrons. The van der Waals surface area contributed by atoms with Crippen molar-refractivity contribution in [2.24, 2.45) is 0 Å². The van der Waals surface area contributed by atoms with E-state index in [1.165, 1.54) is 49.4 Å². The van der Waals surface area contributed by atoms with Crippen LogP contribution in [-0.4, -0.2) is 286 Å². The van der Waals surface area contributed by atoms with E-state index in [0.717, 1.165) is 16.7 Å². The van der Waals surface area contributed by atoms with Crippen LogP contribution in [0.15, 0.2) is 97.1 Å². The van der Waals surface area contributed by atoms with Crippen molar-refractivity contribution in [2.75, 3.05) is 79.3 Å². The second-order valence-corrected chi connectivity index (χ2v) is 24.1. The Labute approximate surface area is 712 Å². The second-order valence-electron chi connectivity index (χ2n) is 24.1. The second kappa shape index (κ2) is 67.1. The average molecular weight is 1830 g/mol. The van der Waals surface area contributed by atoms with Gasteiger partial charge in [-0.2, -0.15) is 0 Å². The third-order valence-electron chi connectivity index (χ3n) is 14.4. The summed E-state index contributed by atoms with van der Waals surface area (Å²) < 4.78 is 24.2. The molecule has 7 atom stereocenters. The van der Waals surface area contributed by atoms with E-state index >= 15 is 0 Å². The highest BCUT2D eigenvalue weighted by Gasteiger charge is 2.27. The summed E-state index contributed by atoms with van der Waals surface area (Å²) in [5.41, 5.74) is 2.99. The van der Waals surface area contributed by atoms with Crippen molar-refractivity contribution in [3.05, 3.63) is 180 Å². The van der Waals surface area contributed by atoms with Crippen molar-refractivity contribution in [1.29, 1.82) is 0 Å². The Balaban J connectivity index is 0. The number of hydrogen-bond donors (Lipinski definition) is 18. The Morgan fingerprint density at radius 2 is 0.591 bits per heavy atom. The molecule has 0 saturated heterocycles. The van der Waals surface area contributed by atoms with Crippen LogP contribution in [-0.2, 0) is 93.0 Å². The highest BCUT2D eigenvalue weighted by molar-refractivity contribution is 5.85. The molecule has 4 aromatic carbocycles. The lowest BCUT2D eigenvalue weighted by Gasteiger charge is -2.16. The highest BCUT2D eigenvalue weighted by atomic mass is 17.0. The zero-order valence-electron chi connectivity index (χ0n) is 66.6. The molecule has 0 fully saturated rings. The molecular weight excluding hydrogens is 1740 g/mol. The maximum absolute atomic E-state index is 11.5. The summed E-state index contributed by atoms with van der Waals surface area (Å²) in [5.74, 6) is -8.23. The lowest BCUT2D eigenvalue weighted by Crippen LogP contribution is -2.47. The molecule has 7 unspecified atom stereocenters. The summed E-state index contributed by atoms with van der Waals surface area (Å²) in [4.78, 5) is 216. The van der Waals surface area contributed by atoms with Crippen molar-refractivity contribution in [2.45, 2.75) is 126 Å². The Hall–Kier alpha value is -15.5. The number of carboxylic acid groups (broad SMARTS) is 6. The molecule has 18 N–H and O–H groups in total. The number of carbonyl (C=O) groups is 12. The fraction of sp³-hybridized carbons (Fsp3) is 0.471. The van der Waals surface area contributed by atoms with Gasteiger partial charge < -0.3 is 146 Å². The van der Waals surface area contributed by atoms with Crippen molar-refractivity contribution in [3.8, 4) is 23.0 Å². The summed E-state index contributed by atoms with van der Waals surface area (Å²) in [6, 6.07) is 16.3. The Kier molecular flexibility index (Phi) is 60.0. The molecule has 4 rings (SSSR count). The van der Waals surface area contributed by atoms with Crippen LogP contribution >= 0.6 is 0 Å². The molecule has 0 saturated carbocycles. The molecule has 0 spiro atoms. The lowest BCUT2D eigenvalue weighted by atomic mass is 10.1. The minimum Gasteiger partial charge on any atom is -0.480 e. The lowest BCUT2D eigenvalue weighted by molar-refractivity contribution is -0.757. The maximum Gasteiger partial charge on any atom is 0.413 e. The predicted molar refractivity (Wildman–Crippen MR) is 410 cm³/mol. The van der Waals surface area contributed by atoms with E-state index in [4.69, 9.17) is 85.0 Å². The van der Waals surface area contributed by atoms with Crippen molar-refractivity contribution < 1.29 is 202 Å². The monoisotopic (exact) mass is 1830 g/mol. The molecule has 0 heterocycles. The first-order chi connectivity index (χ1) is 60.0. The molecule has 706 valence electrons. The normalized spacial score (nSPS) is 11.6. The number of alkyl carbamates (subject to hydrolysis) is 1. The van der Waals surface area contributed by atoms with Gasteiger partial charge in [0.05, 0.1) is 72.2 Å². The largest absolute Gasteiger partial charge is 0.480 e. The minimum atomic E-state index is -1.47. The van der Waals surface area contributed by atoms with Crippen LogP contribution in [0.25, 0.3) is 0 Å². The summed E-state index contributed by atoms with van der Waals surface area (Å²) in [7, 11) is 0. The quantitative estimate of drug-likeness (QED) is 0.0151. The molecule has 6 amide bonds. The van der Waals surface area contributed by atoms with Gasteiger partial charge >= 0.3 is 66.3 Å². The summed E-state index contributed by atoms with van der Waals surface area (Å²) in [6.07, 6.45) is -1.39. The molecule has 0 aliphatic rings. The number of aliphatic carboxylic acids is 6. The molecular formula is C68H92N12O47. The SMILES string of the molecule is CC(O)C(NC(=O)CCCO[N+](=O)[O-])C(=O)O.O=C(NC(CO)C(=O)O)OCCCCCCO[N+](=O)[O-].O=C(NC(CO)C(=O)O)Oc1ccc(CCCO[N+](=O)[O-])cc1.O=C(NC(CO)C(=O)O)Oc1ccc(CCO[N+](=O)[O-])cc1.O=C(NC(CO)C(=O)O)Oc1cccc(CCCO[N+](=O)[O-])c1.O=C(NC(CO)C(=O)O)Oc1cccc(CCO[N+](=O)[O-])c1. The number of amides is 6. The molecule has 0 aromatic heterocycles. The summed E-state index contributed by atoms with van der Waals surface area (Å²) in [6.45, 7) is -2.95. The van der Waals surface area contributed by atoms with Gasteiger partial charge in [0, 0.05) is 6.42 Å². The smallest absolute Gasteiger partial charge is 0.413 e.